The lowest BCUT2D eigenvalue weighted by Crippen LogP contribution is -2.33. The van der Waals surface area contributed by atoms with Gasteiger partial charge in [-0.1, -0.05) is 17.7 Å². The van der Waals surface area contributed by atoms with Crippen LogP contribution in [0.5, 0.6) is 11.5 Å². The maximum absolute atomic E-state index is 13.6. The van der Waals surface area contributed by atoms with E-state index in [-0.39, 0.29) is 23.8 Å². The minimum atomic E-state index is -4.10. The molecule has 1 aliphatic heterocycles. The van der Waals surface area contributed by atoms with Crippen molar-refractivity contribution in [3.63, 3.8) is 0 Å². The van der Waals surface area contributed by atoms with E-state index in [0.717, 1.165) is 0 Å². The molecule has 1 aliphatic rings. The molecule has 1 saturated heterocycles. The smallest absolute Gasteiger partial charge is 0.243 e. The molecule has 0 saturated carbocycles. The molecule has 0 unspecified atom stereocenters. The number of anilines is 1. The summed E-state index contributed by atoms with van der Waals surface area (Å²) in [7, 11) is 0.322. The minimum absolute atomic E-state index is 0.0318. The first-order chi connectivity index (χ1) is 17.7. The summed E-state index contributed by atoms with van der Waals surface area (Å²) in [4.78, 5) is 8.25. The van der Waals surface area contributed by atoms with E-state index in [1.54, 1.807) is 22.8 Å². The van der Waals surface area contributed by atoms with Crippen LogP contribution in [0.2, 0.25) is 5.02 Å². The molecule has 3 heterocycles. The van der Waals surface area contributed by atoms with Crippen molar-refractivity contribution in [3.8, 4) is 17.2 Å². The molecule has 3 aromatic rings. The fourth-order valence-electron chi connectivity index (χ4n) is 4.30. The van der Waals surface area contributed by atoms with E-state index in [0.29, 0.717) is 41.1 Å². The Morgan fingerprint density at radius 2 is 1.78 bits per heavy atom. The Bertz CT molecular complexity index is 1310. The number of para-hydroxylation sites is 1. The molecule has 200 valence electrons. The van der Waals surface area contributed by atoms with Crippen LogP contribution < -0.4 is 14.2 Å². The minimum Gasteiger partial charge on any atom is -0.494 e. The van der Waals surface area contributed by atoms with Crippen molar-refractivity contribution < 1.29 is 27.4 Å². The highest BCUT2D eigenvalue weighted by atomic mass is 35.5. The van der Waals surface area contributed by atoms with Crippen LogP contribution in [-0.2, 0) is 19.5 Å². The van der Waals surface area contributed by atoms with Crippen molar-refractivity contribution in [1.82, 2.24) is 24.7 Å². The molecule has 0 radical (unpaired) electrons. The third kappa shape index (κ3) is 5.35. The molecule has 12 nitrogen and oxygen atoms in total. The monoisotopic (exact) mass is 552 g/mol. The van der Waals surface area contributed by atoms with Crippen LogP contribution in [0, 0.1) is 0 Å². The van der Waals surface area contributed by atoms with Gasteiger partial charge in [-0.25, -0.2) is 18.4 Å². The van der Waals surface area contributed by atoms with E-state index >= 15 is 0 Å². The summed E-state index contributed by atoms with van der Waals surface area (Å²) in [5.41, 5.74) is 0.460. The highest BCUT2D eigenvalue weighted by molar-refractivity contribution is 7.93. The van der Waals surface area contributed by atoms with Gasteiger partial charge in [-0.3, -0.25) is 9.29 Å². The van der Waals surface area contributed by atoms with Gasteiger partial charge in [0, 0.05) is 32.0 Å². The number of aromatic nitrogens is 5. The number of methoxy groups -OCH3 is 3. The van der Waals surface area contributed by atoms with Gasteiger partial charge in [0.1, 0.15) is 34.4 Å². The summed E-state index contributed by atoms with van der Waals surface area (Å²) in [6.45, 7) is 3.99. The molecule has 4 atom stereocenters. The van der Waals surface area contributed by atoms with Crippen LogP contribution in [-0.4, -0.2) is 72.4 Å². The van der Waals surface area contributed by atoms with E-state index in [1.165, 1.54) is 40.6 Å². The first kappa shape index (κ1) is 27.0. The highest BCUT2D eigenvalue weighted by Crippen LogP contribution is 2.40. The number of hydrogen-bond donors (Lipinski definition) is 1. The number of ether oxygens (including phenoxy) is 4. The number of nitrogens with one attached hydrogen (secondary N) is 1. The van der Waals surface area contributed by atoms with Crippen molar-refractivity contribution in [3.05, 3.63) is 47.3 Å². The Hall–Kier alpha value is -3.00. The highest BCUT2D eigenvalue weighted by Gasteiger charge is 2.37. The Morgan fingerprint density at radius 1 is 1.14 bits per heavy atom. The quantitative estimate of drug-likeness (QED) is 0.399. The molecule has 1 fully saturated rings. The molecule has 37 heavy (non-hydrogen) atoms. The van der Waals surface area contributed by atoms with Crippen molar-refractivity contribution >= 4 is 27.6 Å². The summed E-state index contributed by atoms with van der Waals surface area (Å²) < 4.78 is 53.8. The summed E-state index contributed by atoms with van der Waals surface area (Å²) >= 11 is 5.88. The van der Waals surface area contributed by atoms with Crippen LogP contribution in [0.15, 0.2) is 30.6 Å². The zero-order valence-corrected chi connectivity index (χ0v) is 22.7. The van der Waals surface area contributed by atoms with Crippen LogP contribution in [0.4, 0.5) is 5.95 Å². The molecule has 0 bridgehead atoms. The summed E-state index contributed by atoms with van der Waals surface area (Å²) in [5, 5.41) is 7.81. The maximum Gasteiger partial charge on any atom is 0.243 e. The molecule has 1 aromatic carbocycles. The van der Waals surface area contributed by atoms with E-state index in [9.17, 15) is 8.42 Å². The first-order valence-electron chi connectivity index (χ1n) is 11.5. The number of sulfonamides is 1. The van der Waals surface area contributed by atoms with Crippen LogP contribution in [0.3, 0.4) is 0 Å². The van der Waals surface area contributed by atoms with Gasteiger partial charge in [0.25, 0.3) is 0 Å². The summed E-state index contributed by atoms with van der Waals surface area (Å²) in [5.74, 6) is 1.43. The van der Waals surface area contributed by atoms with E-state index in [1.807, 2.05) is 6.92 Å². The molecule has 0 amide bonds. The van der Waals surface area contributed by atoms with E-state index in [4.69, 9.17) is 30.5 Å². The predicted molar refractivity (Wildman–Crippen MR) is 136 cm³/mol. The molecule has 0 aliphatic carbocycles. The third-order valence-electron chi connectivity index (χ3n) is 6.32. The number of halogens is 1. The summed E-state index contributed by atoms with van der Waals surface area (Å²) in [6.07, 6.45) is 2.33. The lowest BCUT2D eigenvalue weighted by Gasteiger charge is -2.23. The van der Waals surface area contributed by atoms with E-state index < -0.39 is 21.4 Å². The molecular weight excluding hydrogens is 524 g/mol. The van der Waals surface area contributed by atoms with Crippen LogP contribution >= 0.6 is 11.6 Å². The van der Waals surface area contributed by atoms with Gasteiger partial charge in [-0.15, -0.1) is 10.2 Å². The lowest BCUT2D eigenvalue weighted by molar-refractivity contribution is 0.0950. The number of benzene rings is 1. The van der Waals surface area contributed by atoms with E-state index in [2.05, 4.69) is 24.9 Å². The number of nitrogens with zero attached hydrogens (tertiary/aromatic N) is 5. The van der Waals surface area contributed by atoms with Crippen molar-refractivity contribution in [1.29, 1.82) is 0 Å². The second kappa shape index (κ2) is 11.2. The molecular formula is C23H29ClN6O6S. The van der Waals surface area contributed by atoms with Crippen molar-refractivity contribution in [2.24, 2.45) is 0 Å². The Labute approximate surface area is 220 Å². The van der Waals surface area contributed by atoms with Gasteiger partial charge in [-0.05, 0) is 32.4 Å². The fourth-order valence-corrected chi connectivity index (χ4v) is 5.53. The molecule has 4 rings (SSSR count). The lowest BCUT2D eigenvalue weighted by atomic mass is 10.0. The zero-order valence-electron chi connectivity index (χ0n) is 21.1. The fraction of sp³-hybridized carbons (Fsp3) is 0.478. The molecule has 1 N–H and O–H groups in total. The van der Waals surface area contributed by atoms with Crippen LogP contribution in [0.1, 0.15) is 43.9 Å². The standard InChI is InChI=1S/C23H29ClN6O6S/c1-13-16(9-10-36-13)22-27-28-23(30(22)19-17(33-3)7-6-8-18(19)34-4)29-37(31,32)14(2)20(35-5)21-25-11-15(24)12-26-21/h6-8,11-14,16,20H,9-10H2,1-5H3,(H,28,29)/t13-,14+,16-,20+/m1/s1. The third-order valence-corrected chi connectivity index (χ3v) is 8.21. The maximum atomic E-state index is 13.6. The molecule has 2 aromatic heterocycles. The molecule has 0 spiro atoms. The Balaban J connectivity index is 1.80. The second-order valence-corrected chi connectivity index (χ2v) is 10.9. The van der Waals surface area contributed by atoms with Gasteiger partial charge in [-0.2, -0.15) is 0 Å². The van der Waals surface area contributed by atoms with Gasteiger partial charge >= 0.3 is 0 Å². The SMILES string of the molecule is COc1cccc(OC)c1-n1c(NS(=O)(=O)[C@@H](C)[C@H](OC)c2ncc(Cl)cn2)nnc1[C@@H]1CCO[C@@H]1C. The normalized spacial score (nSPS) is 19.4. The predicted octanol–water partition coefficient (Wildman–Crippen LogP) is 3.14. The topological polar surface area (TPSA) is 140 Å². The number of rotatable bonds is 10. The second-order valence-electron chi connectivity index (χ2n) is 8.47. The van der Waals surface area contributed by atoms with Crippen LogP contribution in [0.25, 0.3) is 5.69 Å². The number of hydrogen-bond acceptors (Lipinski definition) is 10. The zero-order chi connectivity index (χ0) is 26.7. The van der Waals surface area contributed by atoms with Crippen molar-refractivity contribution in [2.45, 2.75) is 43.6 Å². The first-order valence-corrected chi connectivity index (χ1v) is 13.4. The van der Waals surface area contributed by atoms with Crippen molar-refractivity contribution in [2.75, 3.05) is 32.7 Å². The Morgan fingerprint density at radius 3 is 2.32 bits per heavy atom. The summed E-state index contributed by atoms with van der Waals surface area (Å²) in [6, 6.07) is 5.26. The largest absolute Gasteiger partial charge is 0.494 e. The van der Waals surface area contributed by atoms with Gasteiger partial charge in [0.15, 0.2) is 5.82 Å². The molecule has 14 heteroatoms. The van der Waals surface area contributed by atoms with Gasteiger partial charge in [0.2, 0.25) is 16.0 Å². The Kier molecular flexibility index (Phi) is 8.17. The average Bonchev–Trinajstić information content (AvgIpc) is 3.49. The van der Waals surface area contributed by atoms with Gasteiger partial charge in [0.05, 0.1) is 25.3 Å². The van der Waals surface area contributed by atoms with Gasteiger partial charge < -0.3 is 18.9 Å². The average molecular weight is 553 g/mol.